The molecular formula is C21H20ClN3O3. The van der Waals surface area contributed by atoms with Gasteiger partial charge in [-0.3, -0.25) is 4.79 Å². The number of hydrogen-bond acceptors (Lipinski definition) is 5. The molecule has 0 aliphatic carbocycles. The van der Waals surface area contributed by atoms with Crippen LogP contribution in [-0.2, 0) is 0 Å². The lowest BCUT2D eigenvalue weighted by molar-refractivity contribution is 0.102. The lowest BCUT2D eigenvalue weighted by Gasteiger charge is -2.13. The average Bonchev–Trinajstić information content (AvgIpc) is 2.71. The number of anilines is 3. The van der Waals surface area contributed by atoms with Crippen molar-refractivity contribution in [2.75, 3.05) is 24.9 Å². The number of aromatic nitrogens is 1. The first-order valence-electron chi connectivity index (χ1n) is 8.53. The fourth-order valence-electron chi connectivity index (χ4n) is 2.56. The third-order valence-corrected chi connectivity index (χ3v) is 4.53. The highest BCUT2D eigenvalue weighted by atomic mass is 35.5. The van der Waals surface area contributed by atoms with Crippen molar-refractivity contribution in [3.05, 3.63) is 70.9 Å². The van der Waals surface area contributed by atoms with Gasteiger partial charge in [0.1, 0.15) is 17.3 Å². The highest BCUT2D eigenvalue weighted by Gasteiger charge is 2.11. The number of hydrogen-bond donors (Lipinski definition) is 2. The van der Waals surface area contributed by atoms with Gasteiger partial charge in [-0.1, -0.05) is 17.7 Å². The molecule has 2 aromatic carbocycles. The molecular weight excluding hydrogens is 378 g/mol. The number of carbonyl (C=O) groups is 1. The molecule has 1 heterocycles. The number of nitrogens with one attached hydrogen (secondary N) is 2. The third kappa shape index (κ3) is 4.53. The summed E-state index contributed by atoms with van der Waals surface area (Å²) in [5.41, 5.74) is 2.71. The van der Waals surface area contributed by atoms with E-state index in [-0.39, 0.29) is 5.91 Å². The first-order chi connectivity index (χ1) is 13.5. The minimum Gasteiger partial charge on any atom is -0.497 e. The van der Waals surface area contributed by atoms with Crippen LogP contribution in [-0.4, -0.2) is 25.1 Å². The maximum absolute atomic E-state index is 12.6. The molecule has 2 N–H and O–H groups in total. The Balaban J connectivity index is 1.80. The van der Waals surface area contributed by atoms with E-state index >= 15 is 0 Å². The second-order valence-corrected chi connectivity index (χ2v) is 6.45. The Morgan fingerprint density at radius 1 is 1.04 bits per heavy atom. The summed E-state index contributed by atoms with van der Waals surface area (Å²) < 4.78 is 10.6. The molecule has 3 rings (SSSR count). The Labute approximate surface area is 168 Å². The van der Waals surface area contributed by atoms with Crippen molar-refractivity contribution in [3.8, 4) is 11.5 Å². The molecule has 0 fully saturated rings. The summed E-state index contributed by atoms with van der Waals surface area (Å²) in [6.45, 7) is 1.90. The third-order valence-electron chi connectivity index (χ3n) is 4.12. The lowest BCUT2D eigenvalue weighted by Crippen LogP contribution is -2.12. The van der Waals surface area contributed by atoms with Crippen molar-refractivity contribution in [1.82, 2.24) is 4.98 Å². The van der Waals surface area contributed by atoms with Crippen molar-refractivity contribution in [2.24, 2.45) is 0 Å². The predicted octanol–water partition coefficient (Wildman–Crippen LogP) is 5.06. The van der Waals surface area contributed by atoms with Crippen LogP contribution in [0, 0.1) is 6.92 Å². The number of carbonyl (C=O) groups excluding carboxylic acids is 1. The van der Waals surface area contributed by atoms with Gasteiger partial charge >= 0.3 is 0 Å². The molecule has 144 valence electrons. The summed E-state index contributed by atoms with van der Waals surface area (Å²) in [6.07, 6.45) is 1.56. The van der Waals surface area contributed by atoms with E-state index in [0.717, 1.165) is 5.56 Å². The zero-order valence-corrected chi connectivity index (χ0v) is 16.5. The van der Waals surface area contributed by atoms with Crippen molar-refractivity contribution < 1.29 is 14.3 Å². The molecule has 1 aromatic heterocycles. The Bertz CT molecular complexity index is 1010. The highest BCUT2D eigenvalue weighted by Crippen LogP contribution is 2.31. The Hall–Kier alpha value is -3.25. The molecule has 0 bridgehead atoms. The van der Waals surface area contributed by atoms with E-state index in [2.05, 4.69) is 15.6 Å². The number of methoxy groups -OCH3 is 2. The van der Waals surface area contributed by atoms with Crippen LogP contribution in [0.5, 0.6) is 11.5 Å². The van der Waals surface area contributed by atoms with Gasteiger partial charge in [0.05, 0.1) is 19.9 Å². The van der Waals surface area contributed by atoms with Crippen molar-refractivity contribution >= 4 is 34.7 Å². The topological polar surface area (TPSA) is 72.5 Å². The number of halogens is 1. The number of aryl methyl sites for hydroxylation is 1. The monoisotopic (exact) mass is 397 g/mol. The van der Waals surface area contributed by atoms with Crippen molar-refractivity contribution in [2.45, 2.75) is 6.92 Å². The molecule has 3 aromatic rings. The number of rotatable bonds is 6. The molecule has 0 spiro atoms. The van der Waals surface area contributed by atoms with Crippen molar-refractivity contribution in [1.29, 1.82) is 0 Å². The van der Waals surface area contributed by atoms with Crippen LogP contribution in [0.1, 0.15) is 15.9 Å². The molecule has 1 amide bonds. The first kappa shape index (κ1) is 19.5. The number of benzene rings is 2. The largest absolute Gasteiger partial charge is 0.497 e. The second-order valence-electron chi connectivity index (χ2n) is 6.04. The lowest BCUT2D eigenvalue weighted by atomic mass is 10.2. The van der Waals surface area contributed by atoms with E-state index < -0.39 is 0 Å². The van der Waals surface area contributed by atoms with Crippen LogP contribution < -0.4 is 20.1 Å². The zero-order valence-electron chi connectivity index (χ0n) is 15.7. The quantitative estimate of drug-likeness (QED) is 0.608. The first-order valence-corrected chi connectivity index (χ1v) is 8.90. The maximum Gasteiger partial charge on any atom is 0.255 e. The fourth-order valence-corrected chi connectivity index (χ4v) is 2.74. The van der Waals surface area contributed by atoms with E-state index in [9.17, 15) is 4.79 Å². The van der Waals surface area contributed by atoms with Crippen LogP contribution in [0.3, 0.4) is 0 Å². The van der Waals surface area contributed by atoms with Crippen LogP contribution >= 0.6 is 11.6 Å². The second kappa shape index (κ2) is 8.63. The molecule has 6 nitrogen and oxygen atoms in total. The van der Waals surface area contributed by atoms with Gasteiger partial charge in [-0.25, -0.2) is 4.98 Å². The summed E-state index contributed by atoms with van der Waals surface area (Å²) in [6, 6.07) is 14.1. The van der Waals surface area contributed by atoms with Gasteiger partial charge in [0.25, 0.3) is 5.91 Å². The fraction of sp³-hybridized carbons (Fsp3) is 0.143. The summed E-state index contributed by atoms with van der Waals surface area (Å²) in [7, 11) is 3.17. The van der Waals surface area contributed by atoms with Gasteiger partial charge in [-0.05, 0) is 48.9 Å². The van der Waals surface area contributed by atoms with E-state index in [1.165, 1.54) is 0 Å². The van der Waals surface area contributed by atoms with Crippen LogP contribution in [0.25, 0.3) is 0 Å². The normalized spacial score (nSPS) is 10.3. The number of pyridine rings is 1. The van der Waals surface area contributed by atoms with Crippen molar-refractivity contribution in [3.63, 3.8) is 0 Å². The Kier molecular flexibility index (Phi) is 6.01. The van der Waals surface area contributed by atoms with Gasteiger partial charge in [0.2, 0.25) is 0 Å². The molecule has 0 atom stereocenters. The minimum absolute atomic E-state index is 0.261. The van der Waals surface area contributed by atoms with Crippen LogP contribution in [0.2, 0.25) is 5.02 Å². The van der Waals surface area contributed by atoms with E-state index in [1.54, 1.807) is 62.9 Å². The molecule has 0 radical (unpaired) electrons. The maximum atomic E-state index is 12.6. The smallest absolute Gasteiger partial charge is 0.255 e. The van der Waals surface area contributed by atoms with Crippen LogP contribution in [0.4, 0.5) is 17.2 Å². The molecule has 0 saturated carbocycles. The molecule has 7 heteroatoms. The van der Waals surface area contributed by atoms with Crippen LogP contribution in [0.15, 0.2) is 54.7 Å². The SMILES string of the molecule is COc1ccc(OC)c(Nc2cc(C(=O)Nc3ccc(C)c(Cl)c3)ccn2)c1. The van der Waals surface area contributed by atoms with Gasteiger partial charge in [-0.15, -0.1) is 0 Å². The summed E-state index contributed by atoms with van der Waals surface area (Å²) >= 11 is 6.12. The van der Waals surface area contributed by atoms with E-state index in [1.807, 2.05) is 13.0 Å². The number of ether oxygens (including phenoxy) is 2. The summed E-state index contributed by atoms with van der Waals surface area (Å²) in [4.78, 5) is 16.9. The average molecular weight is 398 g/mol. The zero-order chi connectivity index (χ0) is 20.1. The molecule has 0 saturated heterocycles. The summed E-state index contributed by atoms with van der Waals surface area (Å²) in [5, 5.41) is 6.59. The number of nitrogens with zero attached hydrogens (tertiary/aromatic N) is 1. The molecule has 0 aliphatic heterocycles. The molecule has 28 heavy (non-hydrogen) atoms. The van der Waals surface area contributed by atoms with E-state index in [0.29, 0.717) is 39.3 Å². The van der Waals surface area contributed by atoms with Gasteiger partial charge < -0.3 is 20.1 Å². The van der Waals surface area contributed by atoms with Gasteiger partial charge in [0.15, 0.2) is 0 Å². The standard InChI is InChI=1S/C21H20ClN3O3/c1-13-4-5-15(11-17(13)22)24-21(26)14-8-9-23-20(10-14)25-18-12-16(27-2)6-7-19(18)28-3/h4-12H,1-3H3,(H,23,25)(H,24,26). The highest BCUT2D eigenvalue weighted by molar-refractivity contribution is 6.31. The Morgan fingerprint density at radius 2 is 1.86 bits per heavy atom. The molecule has 0 unspecified atom stereocenters. The molecule has 0 aliphatic rings. The predicted molar refractivity (Wildman–Crippen MR) is 111 cm³/mol. The number of amides is 1. The van der Waals surface area contributed by atoms with Gasteiger partial charge in [-0.2, -0.15) is 0 Å². The summed E-state index contributed by atoms with van der Waals surface area (Å²) in [5.74, 6) is 1.55. The van der Waals surface area contributed by atoms with E-state index in [4.69, 9.17) is 21.1 Å². The van der Waals surface area contributed by atoms with Gasteiger partial charge in [0, 0.05) is 28.5 Å². The minimum atomic E-state index is -0.261. The Morgan fingerprint density at radius 3 is 2.57 bits per heavy atom.